The van der Waals surface area contributed by atoms with Crippen LogP contribution in [0.2, 0.25) is 5.15 Å². The van der Waals surface area contributed by atoms with E-state index in [1.807, 2.05) is 0 Å². The van der Waals surface area contributed by atoms with Crippen LogP contribution < -0.4 is 10.0 Å². The number of hydrogen-bond donors (Lipinski definition) is 2. The zero-order chi connectivity index (χ0) is 18.6. The van der Waals surface area contributed by atoms with Gasteiger partial charge in [0.05, 0.1) is 11.3 Å². The van der Waals surface area contributed by atoms with Gasteiger partial charge in [-0.1, -0.05) is 23.7 Å². The standard InChI is InChI=1S/C15H18ClFN4O3S/c1-10-13(14(16)21(2)20-10)25(23,24)19-9-5-8-18-15(22)11-6-3-4-7-12(11)17/h3-4,6-7,19H,5,8-9H2,1-2H3,(H,18,22). The van der Waals surface area contributed by atoms with E-state index < -0.39 is 21.7 Å². The molecular formula is C15H18ClFN4O3S. The molecule has 1 aromatic carbocycles. The number of hydrogen-bond acceptors (Lipinski definition) is 4. The highest BCUT2D eigenvalue weighted by atomic mass is 35.5. The van der Waals surface area contributed by atoms with Crippen molar-refractivity contribution in [3.05, 3.63) is 46.5 Å². The smallest absolute Gasteiger partial charge is 0.254 e. The monoisotopic (exact) mass is 388 g/mol. The van der Waals surface area contributed by atoms with Gasteiger partial charge in [-0.15, -0.1) is 0 Å². The molecule has 0 saturated carbocycles. The summed E-state index contributed by atoms with van der Waals surface area (Å²) in [6, 6.07) is 5.63. The summed E-state index contributed by atoms with van der Waals surface area (Å²) in [6.07, 6.45) is 0.330. The number of sulfonamides is 1. The molecule has 1 aromatic heterocycles. The highest BCUT2D eigenvalue weighted by Crippen LogP contribution is 2.23. The summed E-state index contributed by atoms with van der Waals surface area (Å²) in [5.41, 5.74) is 0.244. The third kappa shape index (κ3) is 4.56. The van der Waals surface area contributed by atoms with E-state index >= 15 is 0 Å². The van der Waals surface area contributed by atoms with Crippen LogP contribution in [0.15, 0.2) is 29.2 Å². The Labute approximate surface area is 150 Å². The summed E-state index contributed by atoms with van der Waals surface area (Å²) >= 11 is 5.95. The molecule has 2 N–H and O–H groups in total. The Morgan fingerprint density at radius 1 is 1.32 bits per heavy atom. The number of carbonyl (C=O) groups excluding carboxylic acids is 1. The largest absolute Gasteiger partial charge is 0.352 e. The third-order valence-electron chi connectivity index (χ3n) is 3.42. The molecule has 1 heterocycles. The first-order chi connectivity index (χ1) is 11.7. The van der Waals surface area contributed by atoms with Crippen LogP contribution in [0, 0.1) is 12.7 Å². The maximum absolute atomic E-state index is 13.5. The minimum Gasteiger partial charge on any atom is -0.352 e. The molecule has 0 radical (unpaired) electrons. The highest BCUT2D eigenvalue weighted by molar-refractivity contribution is 7.89. The average molecular weight is 389 g/mol. The van der Waals surface area contributed by atoms with Gasteiger partial charge in [-0.3, -0.25) is 9.48 Å². The first-order valence-electron chi connectivity index (χ1n) is 7.45. The number of halogens is 2. The summed E-state index contributed by atoms with van der Waals surface area (Å²) in [7, 11) is -2.25. The second kappa shape index (κ2) is 7.94. The van der Waals surface area contributed by atoms with E-state index in [-0.39, 0.29) is 28.7 Å². The number of benzene rings is 1. The molecule has 0 aliphatic rings. The lowest BCUT2D eigenvalue weighted by atomic mass is 10.2. The molecule has 25 heavy (non-hydrogen) atoms. The maximum Gasteiger partial charge on any atom is 0.254 e. The quantitative estimate of drug-likeness (QED) is 0.705. The maximum atomic E-state index is 13.5. The Morgan fingerprint density at radius 3 is 2.60 bits per heavy atom. The number of aryl methyl sites for hydroxylation is 2. The van der Waals surface area contributed by atoms with Gasteiger partial charge in [0.25, 0.3) is 5.91 Å². The molecule has 0 atom stereocenters. The minimum atomic E-state index is -3.80. The van der Waals surface area contributed by atoms with E-state index in [1.165, 1.54) is 22.9 Å². The molecule has 10 heteroatoms. The van der Waals surface area contributed by atoms with Crippen LogP contribution in [0.3, 0.4) is 0 Å². The Hall–Kier alpha value is -1.97. The van der Waals surface area contributed by atoms with Crippen molar-refractivity contribution in [1.29, 1.82) is 0 Å². The molecule has 0 aliphatic heterocycles. The van der Waals surface area contributed by atoms with Crippen LogP contribution in [-0.4, -0.2) is 37.2 Å². The third-order valence-corrected chi connectivity index (χ3v) is 5.57. The second-order valence-electron chi connectivity index (χ2n) is 5.32. The molecule has 0 bridgehead atoms. The topological polar surface area (TPSA) is 93.1 Å². The van der Waals surface area contributed by atoms with E-state index in [0.29, 0.717) is 12.1 Å². The van der Waals surface area contributed by atoms with Gasteiger partial charge in [-0.2, -0.15) is 5.10 Å². The molecule has 0 unspecified atom stereocenters. The summed E-state index contributed by atoms with van der Waals surface area (Å²) < 4.78 is 41.7. The van der Waals surface area contributed by atoms with Gasteiger partial charge in [0.1, 0.15) is 15.9 Å². The summed E-state index contributed by atoms with van der Waals surface area (Å²) in [5, 5.41) is 6.52. The summed E-state index contributed by atoms with van der Waals surface area (Å²) in [4.78, 5) is 11.8. The number of nitrogens with one attached hydrogen (secondary N) is 2. The van der Waals surface area contributed by atoms with Crippen LogP contribution in [0.1, 0.15) is 22.5 Å². The van der Waals surface area contributed by atoms with Crippen molar-refractivity contribution in [3.63, 3.8) is 0 Å². The lowest BCUT2D eigenvalue weighted by Crippen LogP contribution is -2.30. The first kappa shape index (κ1) is 19.4. The molecule has 2 aromatic rings. The van der Waals surface area contributed by atoms with E-state index in [0.717, 1.165) is 0 Å². The normalized spacial score (nSPS) is 11.5. The number of carbonyl (C=O) groups is 1. The van der Waals surface area contributed by atoms with Crippen LogP contribution in [0.5, 0.6) is 0 Å². The van der Waals surface area contributed by atoms with E-state index in [9.17, 15) is 17.6 Å². The van der Waals surface area contributed by atoms with Crippen molar-refractivity contribution >= 4 is 27.5 Å². The van der Waals surface area contributed by atoms with Gasteiger partial charge >= 0.3 is 0 Å². The van der Waals surface area contributed by atoms with Crippen molar-refractivity contribution in [2.45, 2.75) is 18.2 Å². The van der Waals surface area contributed by atoms with E-state index in [4.69, 9.17) is 11.6 Å². The fraction of sp³-hybridized carbons (Fsp3) is 0.333. The fourth-order valence-corrected chi connectivity index (χ4v) is 4.05. The summed E-state index contributed by atoms with van der Waals surface area (Å²) in [6.45, 7) is 1.83. The summed E-state index contributed by atoms with van der Waals surface area (Å²) in [5.74, 6) is -1.16. The molecule has 0 aliphatic carbocycles. The van der Waals surface area contributed by atoms with Gasteiger partial charge in [-0.25, -0.2) is 17.5 Å². The molecule has 1 amide bonds. The number of rotatable bonds is 7. The molecule has 0 saturated heterocycles. The Kier molecular flexibility index (Phi) is 6.15. The number of amides is 1. The highest BCUT2D eigenvalue weighted by Gasteiger charge is 2.24. The zero-order valence-electron chi connectivity index (χ0n) is 13.7. The van der Waals surface area contributed by atoms with Crippen molar-refractivity contribution < 1.29 is 17.6 Å². The van der Waals surface area contributed by atoms with Crippen LogP contribution in [-0.2, 0) is 17.1 Å². The Balaban J connectivity index is 1.85. The minimum absolute atomic E-state index is 0.0258. The van der Waals surface area contributed by atoms with E-state index in [1.54, 1.807) is 20.0 Å². The van der Waals surface area contributed by atoms with Crippen LogP contribution in [0.25, 0.3) is 0 Å². The van der Waals surface area contributed by atoms with Gasteiger partial charge in [-0.05, 0) is 25.5 Å². The van der Waals surface area contributed by atoms with Crippen LogP contribution in [0.4, 0.5) is 4.39 Å². The van der Waals surface area contributed by atoms with Gasteiger partial charge in [0, 0.05) is 20.1 Å². The molecule has 136 valence electrons. The molecule has 0 spiro atoms. The molecule has 7 nitrogen and oxygen atoms in total. The second-order valence-corrected chi connectivity index (χ2v) is 7.38. The Bertz CT molecular complexity index is 883. The first-order valence-corrected chi connectivity index (χ1v) is 9.31. The number of nitrogens with zero attached hydrogens (tertiary/aromatic N) is 2. The Morgan fingerprint density at radius 2 is 2.00 bits per heavy atom. The average Bonchev–Trinajstić information content (AvgIpc) is 2.80. The molecule has 0 fully saturated rings. The zero-order valence-corrected chi connectivity index (χ0v) is 15.3. The van der Waals surface area contributed by atoms with Gasteiger partial charge in [0.2, 0.25) is 10.0 Å². The van der Waals surface area contributed by atoms with Gasteiger partial charge < -0.3 is 5.32 Å². The van der Waals surface area contributed by atoms with Gasteiger partial charge in [0.15, 0.2) is 0 Å². The fourth-order valence-electron chi connectivity index (χ4n) is 2.23. The van der Waals surface area contributed by atoms with Crippen LogP contribution >= 0.6 is 11.6 Å². The van der Waals surface area contributed by atoms with Crippen molar-refractivity contribution in [3.8, 4) is 0 Å². The number of aromatic nitrogens is 2. The van der Waals surface area contributed by atoms with E-state index in [2.05, 4.69) is 15.1 Å². The SMILES string of the molecule is Cc1nn(C)c(Cl)c1S(=O)(=O)NCCCNC(=O)c1ccccc1F. The molecule has 2 rings (SSSR count). The lowest BCUT2D eigenvalue weighted by Gasteiger charge is -2.08. The predicted molar refractivity (Wildman–Crippen MR) is 91.5 cm³/mol. The molecular weight excluding hydrogens is 371 g/mol. The predicted octanol–water partition coefficient (Wildman–Crippen LogP) is 1.62. The van der Waals surface area contributed by atoms with Crippen molar-refractivity contribution in [1.82, 2.24) is 19.8 Å². The van der Waals surface area contributed by atoms with Crippen molar-refractivity contribution in [2.75, 3.05) is 13.1 Å². The lowest BCUT2D eigenvalue weighted by molar-refractivity contribution is 0.0949. The van der Waals surface area contributed by atoms with Crippen molar-refractivity contribution in [2.24, 2.45) is 7.05 Å².